The summed E-state index contributed by atoms with van der Waals surface area (Å²) in [6.07, 6.45) is 7.37. The largest absolute Gasteiger partial charge is 0.875 e. The van der Waals surface area contributed by atoms with Gasteiger partial charge in [-0.2, -0.15) is 0 Å². The fourth-order valence-corrected chi connectivity index (χ4v) is 4.74. The van der Waals surface area contributed by atoms with E-state index in [0.717, 1.165) is 25.3 Å². The summed E-state index contributed by atoms with van der Waals surface area (Å²) in [5.41, 5.74) is 0.908. The Balaban J connectivity index is 2.09. The van der Waals surface area contributed by atoms with E-state index in [1.54, 1.807) is 6.92 Å². The van der Waals surface area contributed by atoms with E-state index in [-0.39, 0.29) is 30.0 Å². The Kier molecular flexibility index (Phi) is 6.36. The molecule has 0 saturated heterocycles. The van der Waals surface area contributed by atoms with Crippen LogP contribution in [0.1, 0.15) is 73.1 Å². The molecule has 1 fully saturated rings. The molecule has 0 N–H and O–H groups in total. The average Bonchev–Trinajstić information content (AvgIpc) is 2.84. The summed E-state index contributed by atoms with van der Waals surface area (Å²) < 4.78 is 4.78. The summed E-state index contributed by atoms with van der Waals surface area (Å²) in [6, 6.07) is 0. The second kappa shape index (κ2) is 7.98. The molecule has 3 atom stereocenters. The maximum atomic E-state index is 13.0. The van der Waals surface area contributed by atoms with Crippen molar-refractivity contribution < 1.29 is 19.4 Å². The van der Waals surface area contributed by atoms with Gasteiger partial charge in [-0.15, -0.1) is 5.76 Å². The highest BCUT2D eigenvalue weighted by Crippen LogP contribution is 2.55. The van der Waals surface area contributed by atoms with Gasteiger partial charge < -0.3 is 9.84 Å². The topological polar surface area (TPSA) is 66.4 Å². The molecule has 2 aliphatic rings. The van der Waals surface area contributed by atoms with Crippen LogP contribution in [0, 0.1) is 22.7 Å². The molecule has 0 amide bonds. The van der Waals surface area contributed by atoms with Crippen molar-refractivity contribution in [2.75, 3.05) is 6.61 Å². The van der Waals surface area contributed by atoms with Gasteiger partial charge in [-0.1, -0.05) is 39.3 Å². The molecular formula is C22H33O4-. The second-order valence-electron chi connectivity index (χ2n) is 8.76. The molecule has 1 saturated carbocycles. The van der Waals surface area contributed by atoms with Crippen LogP contribution in [0.2, 0.25) is 0 Å². The minimum absolute atomic E-state index is 0.0999. The zero-order valence-corrected chi connectivity index (χ0v) is 16.9. The van der Waals surface area contributed by atoms with Crippen molar-refractivity contribution in [3.8, 4) is 0 Å². The first-order chi connectivity index (χ1) is 12.1. The number of carbonyl (C=O) groups is 2. The van der Waals surface area contributed by atoms with Crippen LogP contribution in [-0.4, -0.2) is 18.4 Å². The van der Waals surface area contributed by atoms with Gasteiger partial charge in [0.05, 0.1) is 6.61 Å². The third-order valence-electron chi connectivity index (χ3n) is 6.68. The van der Waals surface area contributed by atoms with Gasteiger partial charge in [-0.05, 0) is 56.3 Å². The molecule has 4 heteroatoms. The van der Waals surface area contributed by atoms with E-state index in [9.17, 15) is 14.7 Å². The molecule has 0 bridgehead atoms. The monoisotopic (exact) mass is 361 g/mol. The number of Topliss-reactive ketones (excluding diaryl/α,β-unsaturated/α-hetero) is 1. The molecule has 0 aliphatic heterocycles. The number of allylic oxidation sites excluding steroid dienone is 3. The number of ether oxygens (including phenoxy) is 1. The van der Waals surface area contributed by atoms with Gasteiger partial charge in [0.25, 0.3) is 0 Å². The normalized spacial score (nSPS) is 32.2. The van der Waals surface area contributed by atoms with Crippen LogP contribution in [0.25, 0.3) is 0 Å². The highest BCUT2D eigenvalue weighted by Gasteiger charge is 2.48. The Morgan fingerprint density at radius 1 is 1.38 bits per heavy atom. The van der Waals surface area contributed by atoms with E-state index in [2.05, 4.69) is 26.8 Å². The maximum Gasteiger partial charge on any atom is 0.329 e. The van der Waals surface area contributed by atoms with Crippen LogP contribution in [0.4, 0.5) is 0 Å². The number of hydrogen-bond acceptors (Lipinski definition) is 4. The van der Waals surface area contributed by atoms with E-state index >= 15 is 0 Å². The van der Waals surface area contributed by atoms with Crippen LogP contribution in [0.3, 0.4) is 0 Å². The van der Waals surface area contributed by atoms with E-state index in [1.807, 2.05) is 6.92 Å². The Labute approximate surface area is 157 Å². The molecule has 4 nitrogen and oxygen atoms in total. The molecule has 0 aromatic rings. The Bertz CT molecular complexity index is 616. The van der Waals surface area contributed by atoms with E-state index in [0.29, 0.717) is 24.7 Å². The predicted octanol–water partition coefficient (Wildman–Crippen LogP) is 3.94. The summed E-state index contributed by atoms with van der Waals surface area (Å²) in [5, 5.41) is 12.0. The zero-order valence-electron chi connectivity index (χ0n) is 16.9. The fraction of sp³-hybridized carbons (Fsp3) is 0.727. The standard InChI is InChI=1S/C22H34O4/c1-6-26-20(25)14-17(23)9-10-21(4)11-12-22(5)16(13-19(21)24)7-8-18(22)15(2)3/h7,14-15,18,23H,6,8-13H2,1-5H3/p-1/b17-14-/t18-,21+,22+/m1/s1. The van der Waals surface area contributed by atoms with Crippen molar-refractivity contribution in [3.05, 3.63) is 23.5 Å². The number of hydrogen-bond donors (Lipinski definition) is 0. The molecular weight excluding hydrogens is 328 g/mol. The van der Waals surface area contributed by atoms with Crippen molar-refractivity contribution in [2.24, 2.45) is 22.7 Å². The lowest BCUT2D eigenvalue weighted by Gasteiger charge is -2.37. The molecule has 0 heterocycles. The van der Waals surface area contributed by atoms with Gasteiger partial charge >= 0.3 is 5.97 Å². The fourth-order valence-electron chi connectivity index (χ4n) is 4.74. The van der Waals surface area contributed by atoms with Gasteiger partial charge in [0, 0.05) is 17.9 Å². The first kappa shape index (κ1) is 20.7. The number of esters is 1. The molecule has 0 unspecified atom stereocenters. The molecule has 2 aliphatic carbocycles. The van der Waals surface area contributed by atoms with Crippen molar-refractivity contribution in [2.45, 2.75) is 73.1 Å². The summed E-state index contributed by atoms with van der Waals surface area (Å²) in [4.78, 5) is 24.4. The van der Waals surface area contributed by atoms with Crippen molar-refractivity contribution in [1.82, 2.24) is 0 Å². The number of ketones is 1. The molecule has 0 aromatic carbocycles. The van der Waals surface area contributed by atoms with Gasteiger partial charge in [0.15, 0.2) is 0 Å². The lowest BCUT2D eigenvalue weighted by atomic mass is 9.67. The van der Waals surface area contributed by atoms with E-state index in [4.69, 9.17) is 4.74 Å². The minimum Gasteiger partial charge on any atom is -0.875 e. The van der Waals surface area contributed by atoms with Crippen molar-refractivity contribution in [1.29, 1.82) is 0 Å². The average molecular weight is 362 g/mol. The molecule has 0 spiro atoms. The van der Waals surface area contributed by atoms with Gasteiger partial charge in [0.1, 0.15) is 5.78 Å². The van der Waals surface area contributed by atoms with E-state index < -0.39 is 11.4 Å². The predicted molar refractivity (Wildman–Crippen MR) is 100 cm³/mol. The smallest absolute Gasteiger partial charge is 0.329 e. The second-order valence-corrected chi connectivity index (χ2v) is 8.76. The summed E-state index contributed by atoms with van der Waals surface area (Å²) in [5.74, 6) is 0.565. The van der Waals surface area contributed by atoms with Crippen LogP contribution in [0.5, 0.6) is 0 Å². The first-order valence-electron chi connectivity index (χ1n) is 9.89. The SMILES string of the molecule is CCOC(=O)/C=C(\[O-])CC[C@@]1(C)CC[C@@]2(C)C(=CC[C@@H]2C(C)C)CC1=O. The number of rotatable bonds is 6. The van der Waals surface area contributed by atoms with Gasteiger partial charge in [-0.3, -0.25) is 4.79 Å². The Hall–Kier alpha value is -1.58. The van der Waals surface area contributed by atoms with Crippen LogP contribution in [-0.2, 0) is 14.3 Å². The summed E-state index contributed by atoms with van der Waals surface area (Å²) in [7, 11) is 0. The quantitative estimate of drug-likeness (QED) is 0.311. The van der Waals surface area contributed by atoms with Crippen LogP contribution >= 0.6 is 0 Å². The van der Waals surface area contributed by atoms with Gasteiger partial charge in [-0.25, -0.2) is 4.79 Å². The maximum absolute atomic E-state index is 13.0. The first-order valence-corrected chi connectivity index (χ1v) is 9.89. The highest BCUT2D eigenvalue weighted by atomic mass is 16.5. The lowest BCUT2D eigenvalue weighted by Crippen LogP contribution is -2.29. The van der Waals surface area contributed by atoms with E-state index in [1.165, 1.54) is 5.57 Å². The minimum atomic E-state index is -0.596. The number of carbonyl (C=O) groups excluding carboxylic acids is 2. The van der Waals surface area contributed by atoms with Crippen LogP contribution in [0.15, 0.2) is 23.5 Å². The Morgan fingerprint density at radius 2 is 2.08 bits per heavy atom. The molecule has 26 heavy (non-hydrogen) atoms. The molecule has 0 radical (unpaired) electrons. The number of fused-ring (bicyclic) bond motifs is 1. The summed E-state index contributed by atoms with van der Waals surface area (Å²) >= 11 is 0. The Morgan fingerprint density at radius 3 is 2.69 bits per heavy atom. The molecule has 2 rings (SSSR count). The third kappa shape index (κ3) is 4.21. The highest BCUT2D eigenvalue weighted by molar-refractivity contribution is 5.87. The van der Waals surface area contributed by atoms with Gasteiger partial charge in [0.2, 0.25) is 0 Å². The van der Waals surface area contributed by atoms with Crippen molar-refractivity contribution >= 4 is 11.8 Å². The zero-order chi connectivity index (χ0) is 19.5. The molecule has 0 aromatic heterocycles. The lowest BCUT2D eigenvalue weighted by molar-refractivity contribution is -0.307. The van der Waals surface area contributed by atoms with Crippen LogP contribution < -0.4 is 5.11 Å². The summed E-state index contributed by atoms with van der Waals surface area (Å²) in [6.45, 7) is 10.8. The third-order valence-corrected chi connectivity index (χ3v) is 6.68. The van der Waals surface area contributed by atoms with Crippen molar-refractivity contribution in [3.63, 3.8) is 0 Å². The molecule has 146 valence electrons.